The maximum atomic E-state index is 1.63. The molecule has 0 aliphatic carbocycles. The smallest absolute Gasteiger partial charge is 0.142 e. The van der Waals surface area contributed by atoms with Crippen LogP contribution in [0.25, 0.3) is 0 Å². The van der Waals surface area contributed by atoms with Crippen LogP contribution in [-0.2, 0) is 0 Å². The Labute approximate surface area is 185 Å². The molecule has 3 heteroatoms. The molecule has 30 heavy (non-hydrogen) atoms. The van der Waals surface area contributed by atoms with E-state index in [0.29, 0.717) is 0 Å². The Morgan fingerprint density at radius 3 is 1.77 bits per heavy atom. The molecule has 7 aliphatic heterocycles. The molecular formula is C27H48N3+3. The van der Waals surface area contributed by atoms with Gasteiger partial charge >= 0.3 is 0 Å². The predicted octanol–water partition coefficient (Wildman–Crippen LogP) is 4.03. The minimum Gasteiger partial charge on any atom is -0.324 e. The van der Waals surface area contributed by atoms with Gasteiger partial charge in [0.05, 0.1) is 65.4 Å². The zero-order valence-corrected chi connectivity index (χ0v) is 19.7. The monoisotopic (exact) mass is 414 g/mol. The van der Waals surface area contributed by atoms with Gasteiger partial charge < -0.3 is 13.4 Å². The normalized spacial score (nSPS) is 52.6. The lowest BCUT2D eigenvalue weighted by atomic mass is 9.82. The molecule has 0 aromatic carbocycles. The van der Waals surface area contributed by atoms with Crippen LogP contribution in [0.3, 0.4) is 0 Å². The van der Waals surface area contributed by atoms with E-state index >= 15 is 0 Å². The number of rotatable bonds is 2. The van der Waals surface area contributed by atoms with Crippen molar-refractivity contribution in [3.05, 3.63) is 0 Å². The quantitative estimate of drug-likeness (QED) is 0.473. The summed E-state index contributed by atoms with van der Waals surface area (Å²) in [6.07, 6.45) is 17.2. The zero-order chi connectivity index (χ0) is 19.8. The topological polar surface area (TPSA) is 0 Å². The molecule has 0 radical (unpaired) electrons. The van der Waals surface area contributed by atoms with Crippen molar-refractivity contribution in [2.45, 2.75) is 82.7 Å². The predicted molar refractivity (Wildman–Crippen MR) is 122 cm³/mol. The Bertz CT molecular complexity index is 661. The second-order valence-corrected chi connectivity index (χ2v) is 13.5. The van der Waals surface area contributed by atoms with E-state index in [2.05, 4.69) is 0 Å². The fraction of sp³-hybridized carbons (Fsp3) is 1.00. The molecule has 7 fully saturated rings. The van der Waals surface area contributed by atoms with Gasteiger partial charge in [0, 0.05) is 69.6 Å². The molecule has 7 rings (SSSR count). The van der Waals surface area contributed by atoms with Crippen molar-refractivity contribution in [3.8, 4) is 0 Å². The van der Waals surface area contributed by atoms with Gasteiger partial charge in [0.15, 0.2) is 0 Å². The standard InChI is InChI=1S/C27H48N3/c1-2-13-30-18-10-23(19-27(30)26(30)5-1)25-9-17-29(21-25)16-8-24(20-29)22-6-14-28(15-7-22)11-3-4-12-28/h22-27H,1-21H2/q+3. The third-order valence-electron chi connectivity index (χ3n) is 12.4. The molecule has 0 saturated carbocycles. The summed E-state index contributed by atoms with van der Waals surface area (Å²) in [7, 11) is 0. The number of piperidine rings is 3. The minimum absolute atomic E-state index is 1.09. The van der Waals surface area contributed by atoms with Gasteiger partial charge in [-0.15, -0.1) is 0 Å². The van der Waals surface area contributed by atoms with E-state index in [1.807, 2.05) is 0 Å². The molecule has 7 heterocycles. The van der Waals surface area contributed by atoms with Crippen LogP contribution in [0.1, 0.15) is 70.6 Å². The van der Waals surface area contributed by atoms with Gasteiger partial charge in [0.1, 0.15) is 12.1 Å². The molecule has 0 N–H and O–H groups in total. The Hall–Kier alpha value is -0.120. The Morgan fingerprint density at radius 1 is 0.400 bits per heavy atom. The van der Waals surface area contributed by atoms with E-state index < -0.39 is 0 Å². The van der Waals surface area contributed by atoms with Gasteiger partial charge in [-0.2, -0.15) is 0 Å². The Kier molecular flexibility index (Phi) is 4.48. The number of hydrogen-bond acceptors (Lipinski definition) is 0. The first kappa shape index (κ1) is 19.4. The lowest BCUT2D eigenvalue weighted by Gasteiger charge is -2.42. The van der Waals surface area contributed by atoms with Crippen LogP contribution >= 0.6 is 0 Å². The van der Waals surface area contributed by atoms with E-state index in [-0.39, 0.29) is 0 Å². The molecule has 168 valence electrons. The molecule has 0 bridgehead atoms. The highest BCUT2D eigenvalue weighted by atomic mass is 15.5. The first-order valence-electron chi connectivity index (χ1n) is 14.3. The van der Waals surface area contributed by atoms with Crippen LogP contribution in [0, 0.1) is 23.7 Å². The van der Waals surface area contributed by atoms with Crippen LogP contribution in [0.2, 0.25) is 0 Å². The summed E-state index contributed by atoms with van der Waals surface area (Å²) in [5.74, 6) is 4.38. The molecule has 3 nitrogen and oxygen atoms in total. The lowest BCUT2D eigenvalue weighted by Crippen LogP contribution is -2.52. The zero-order valence-electron chi connectivity index (χ0n) is 19.7. The summed E-state index contributed by atoms with van der Waals surface area (Å²) in [6, 6.07) is 2.24. The SMILES string of the molecule is C1CC[N+]23CCC(C4CC[N+]5(CCC(C6CC[N+]7(CCCC7)CC6)C5)C4)CC2C3C1. The third-order valence-corrected chi connectivity index (χ3v) is 12.4. The lowest BCUT2D eigenvalue weighted by molar-refractivity contribution is -0.923. The van der Waals surface area contributed by atoms with Crippen molar-refractivity contribution in [1.29, 1.82) is 0 Å². The first-order chi connectivity index (χ1) is 14.7. The summed E-state index contributed by atoms with van der Waals surface area (Å²) in [4.78, 5) is 0. The molecule has 7 saturated heterocycles. The maximum absolute atomic E-state index is 1.63. The fourth-order valence-corrected chi connectivity index (χ4v) is 10.6. The van der Waals surface area contributed by atoms with Crippen LogP contribution in [0.5, 0.6) is 0 Å². The molecule has 7 unspecified atom stereocenters. The van der Waals surface area contributed by atoms with Gasteiger partial charge in [0.2, 0.25) is 0 Å². The van der Waals surface area contributed by atoms with Crippen molar-refractivity contribution in [2.75, 3.05) is 65.4 Å². The molecule has 0 aromatic rings. The van der Waals surface area contributed by atoms with Crippen LogP contribution in [0.4, 0.5) is 0 Å². The summed E-state index contributed by atoms with van der Waals surface area (Å²) >= 11 is 0. The summed E-state index contributed by atoms with van der Waals surface area (Å²) in [5.41, 5.74) is 0. The molecule has 3 spiro atoms. The first-order valence-corrected chi connectivity index (χ1v) is 14.3. The highest BCUT2D eigenvalue weighted by Gasteiger charge is 2.68. The van der Waals surface area contributed by atoms with Gasteiger partial charge in [-0.05, 0) is 24.7 Å². The third kappa shape index (κ3) is 2.93. The van der Waals surface area contributed by atoms with Crippen molar-refractivity contribution >= 4 is 0 Å². The summed E-state index contributed by atoms with van der Waals surface area (Å²) in [6.45, 7) is 15.5. The number of nitrogens with zero attached hydrogens (tertiary/aromatic N) is 3. The van der Waals surface area contributed by atoms with Crippen molar-refractivity contribution in [1.82, 2.24) is 0 Å². The van der Waals surface area contributed by atoms with E-state index in [0.717, 1.165) is 35.8 Å². The highest BCUT2D eigenvalue weighted by Crippen LogP contribution is 2.55. The largest absolute Gasteiger partial charge is 0.324 e. The second kappa shape index (κ2) is 6.94. The molecular weight excluding hydrogens is 366 g/mol. The van der Waals surface area contributed by atoms with Gasteiger partial charge in [-0.25, -0.2) is 0 Å². The molecule has 0 aromatic heterocycles. The van der Waals surface area contributed by atoms with Gasteiger partial charge in [-0.3, -0.25) is 0 Å². The van der Waals surface area contributed by atoms with E-state index in [4.69, 9.17) is 0 Å². The average molecular weight is 415 g/mol. The number of fused-ring (bicyclic) bond motifs is 1. The van der Waals surface area contributed by atoms with E-state index in [1.165, 1.54) is 56.3 Å². The van der Waals surface area contributed by atoms with E-state index in [1.54, 1.807) is 93.2 Å². The van der Waals surface area contributed by atoms with Crippen molar-refractivity contribution in [3.63, 3.8) is 0 Å². The van der Waals surface area contributed by atoms with Gasteiger partial charge in [0.25, 0.3) is 0 Å². The number of hydrogen-bond donors (Lipinski definition) is 0. The Balaban J connectivity index is 0.947. The van der Waals surface area contributed by atoms with Crippen LogP contribution < -0.4 is 0 Å². The number of quaternary nitrogens is 3. The summed E-state index contributed by atoms with van der Waals surface area (Å²) in [5, 5.41) is 0. The minimum atomic E-state index is 1.09. The Morgan fingerprint density at radius 2 is 1.00 bits per heavy atom. The highest BCUT2D eigenvalue weighted by molar-refractivity contribution is 4.97. The van der Waals surface area contributed by atoms with Crippen molar-refractivity contribution in [2.24, 2.45) is 23.7 Å². The van der Waals surface area contributed by atoms with Crippen molar-refractivity contribution < 1.29 is 13.4 Å². The average Bonchev–Trinajstić information content (AvgIpc) is 3.18. The summed E-state index contributed by atoms with van der Waals surface area (Å²) < 4.78 is 4.69. The van der Waals surface area contributed by atoms with Crippen LogP contribution in [0.15, 0.2) is 0 Å². The maximum Gasteiger partial charge on any atom is 0.142 e. The van der Waals surface area contributed by atoms with Crippen LogP contribution in [-0.4, -0.2) is 91.0 Å². The van der Waals surface area contributed by atoms with Gasteiger partial charge in [-0.1, -0.05) is 0 Å². The molecule has 7 atom stereocenters. The molecule has 0 amide bonds. The van der Waals surface area contributed by atoms with E-state index in [9.17, 15) is 0 Å². The second-order valence-electron chi connectivity index (χ2n) is 13.5. The molecule has 7 aliphatic rings. The fourth-order valence-electron chi connectivity index (χ4n) is 10.6.